The Balaban J connectivity index is 1.72. The van der Waals surface area contributed by atoms with Crippen molar-refractivity contribution < 1.29 is 4.74 Å². The maximum absolute atomic E-state index is 5.26. The molecule has 0 atom stereocenters. The lowest BCUT2D eigenvalue weighted by atomic mass is 10.4. The SMILES string of the molecule is c1nncn1CCN1CCOCC1. The number of morpholine rings is 1. The molecule has 1 aliphatic rings. The highest BCUT2D eigenvalue weighted by Gasteiger charge is 2.09. The van der Waals surface area contributed by atoms with Gasteiger partial charge < -0.3 is 9.30 Å². The van der Waals surface area contributed by atoms with Gasteiger partial charge in [-0.05, 0) is 0 Å². The van der Waals surface area contributed by atoms with Gasteiger partial charge in [0.25, 0.3) is 0 Å². The summed E-state index contributed by atoms with van der Waals surface area (Å²) in [6.45, 7) is 5.84. The molecule has 0 aliphatic carbocycles. The second kappa shape index (κ2) is 4.34. The van der Waals surface area contributed by atoms with Crippen LogP contribution in [-0.2, 0) is 11.3 Å². The summed E-state index contributed by atoms with van der Waals surface area (Å²) in [5.41, 5.74) is 0. The van der Waals surface area contributed by atoms with Crippen molar-refractivity contribution in [2.75, 3.05) is 32.8 Å². The monoisotopic (exact) mass is 182 g/mol. The van der Waals surface area contributed by atoms with Crippen molar-refractivity contribution in [3.63, 3.8) is 0 Å². The highest BCUT2D eigenvalue weighted by Crippen LogP contribution is 1.96. The summed E-state index contributed by atoms with van der Waals surface area (Å²) < 4.78 is 7.26. The molecule has 0 saturated carbocycles. The molecule has 0 amide bonds. The summed E-state index contributed by atoms with van der Waals surface area (Å²) in [6.07, 6.45) is 3.50. The zero-order chi connectivity index (χ0) is 8.93. The van der Waals surface area contributed by atoms with Crippen LogP contribution in [0.3, 0.4) is 0 Å². The van der Waals surface area contributed by atoms with Gasteiger partial charge in [0.15, 0.2) is 0 Å². The lowest BCUT2D eigenvalue weighted by Gasteiger charge is -2.26. The van der Waals surface area contributed by atoms with E-state index in [4.69, 9.17) is 4.74 Å². The van der Waals surface area contributed by atoms with Crippen molar-refractivity contribution in [2.24, 2.45) is 0 Å². The van der Waals surface area contributed by atoms with E-state index in [9.17, 15) is 0 Å². The van der Waals surface area contributed by atoms with Crippen LogP contribution in [-0.4, -0.2) is 52.5 Å². The van der Waals surface area contributed by atoms with Crippen LogP contribution in [0.4, 0.5) is 0 Å². The summed E-state index contributed by atoms with van der Waals surface area (Å²) in [6, 6.07) is 0. The third-order valence-electron chi connectivity index (χ3n) is 2.24. The number of nitrogens with zero attached hydrogens (tertiary/aromatic N) is 4. The largest absolute Gasteiger partial charge is 0.379 e. The Morgan fingerprint density at radius 1 is 1.08 bits per heavy atom. The van der Waals surface area contributed by atoms with Crippen molar-refractivity contribution >= 4 is 0 Å². The van der Waals surface area contributed by atoms with Gasteiger partial charge >= 0.3 is 0 Å². The van der Waals surface area contributed by atoms with Gasteiger partial charge in [0, 0.05) is 26.2 Å². The maximum Gasteiger partial charge on any atom is 0.119 e. The lowest BCUT2D eigenvalue weighted by molar-refractivity contribution is 0.0364. The normalized spacial score (nSPS) is 19.1. The molecule has 1 aromatic heterocycles. The summed E-state index contributed by atoms with van der Waals surface area (Å²) in [7, 11) is 0. The second-order valence-electron chi connectivity index (χ2n) is 3.15. The Labute approximate surface area is 77.3 Å². The number of hydrogen-bond donors (Lipinski definition) is 0. The van der Waals surface area contributed by atoms with Crippen LogP contribution in [0.5, 0.6) is 0 Å². The number of hydrogen-bond acceptors (Lipinski definition) is 4. The zero-order valence-corrected chi connectivity index (χ0v) is 7.59. The van der Waals surface area contributed by atoms with Gasteiger partial charge in [0.1, 0.15) is 12.7 Å². The molecule has 0 spiro atoms. The molecular formula is C8H14N4O. The van der Waals surface area contributed by atoms with E-state index in [1.807, 2.05) is 4.57 Å². The molecule has 1 saturated heterocycles. The van der Waals surface area contributed by atoms with E-state index in [1.165, 1.54) is 0 Å². The van der Waals surface area contributed by atoms with Gasteiger partial charge in [0.2, 0.25) is 0 Å². The average molecular weight is 182 g/mol. The van der Waals surface area contributed by atoms with Crippen LogP contribution in [0, 0.1) is 0 Å². The first-order valence-electron chi connectivity index (χ1n) is 4.58. The molecule has 0 bridgehead atoms. The van der Waals surface area contributed by atoms with E-state index in [0.29, 0.717) is 0 Å². The third kappa shape index (κ3) is 2.50. The van der Waals surface area contributed by atoms with E-state index in [1.54, 1.807) is 12.7 Å². The molecule has 1 fully saturated rings. The zero-order valence-electron chi connectivity index (χ0n) is 7.59. The van der Waals surface area contributed by atoms with E-state index in [2.05, 4.69) is 15.1 Å². The Kier molecular flexibility index (Phi) is 2.89. The first kappa shape index (κ1) is 8.65. The molecule has 5 heteroatoms. The standard InChI is InChI=1S/C8H14N4O/c1(2-12-7-9-10-8-12)11-3-5-13-6-4-11/h7-8H,1-6H2. The fraction of sp³-hybridized carbons (Fsp3) is 0.750. The Bertz CT molecular complexity index is 230. The Morgan fingerprint density at radius 3 is 2.46 bits per heavy atom. The molecule has 2 heterocycles. The smallest absolute Gasteiger partial charge is 0.119 e. The minimum atomic E-state index is 0.863. The van der Waals surface area contributed by atoms with Gasteiger partial charge in [0.05, 0.1) is 13.2 Å². The fourth-order valence-electron chi connectivity index (χ4n) is 1.42. The van der Waals surface area contributed by atoms with E-state index in [0.717, 1.165) is 39.4 Å². The first-order valence-corrected chi connectivity index (χ1v) is 4.58. The van der Waals surface area contributed by atoms with Gasteiger partial charge in [-0.25, -0.2) is 0 Å². The van der Waals surface area contributed by atoms with Crippen LogP contribution in [0.15, 0.2) is 12.7 Å². The van der Waals surface area contributed by atoms with Crippen LogP contribution in [0.1, 0.15) is 0 Å². The minimum absolute atomic E-state index is 0.863. The third-order valence-corrected chi connectivity index (χ3v) is 2.24. The van der Waals surface area contributed by atoms with Gasteiger partial charge in [-0.15, -0.1) is 10.2 Å². The van der Waals surface area contributed by atoms with E-state index < -0.39 is 0 Å². The summed E-state index contributed by atoms with van der Waals surface area (Å²) in [4.78, 5) is 2.39. The molecule has 13 heavy (non-hydrogen) atoms. The molecule has 1 aromatic rings. The summed E-state index contributed by atoms with van der Waals surface area (Å²) >= 11 is 0. The average Bonchev–Trinajstić information content (AvgIpc) is 2.69. The molecule has 0 N–H and O–H groups in total. The van der Waals surface area contributed by atoms with E-state index >= 15 is 0 Å². The molecule has 1 aliphatic heterocycles. The predicted octanol–water partition coefficient (Wildman–Crippen LogP) is -0.390. The Hall–Kier alpha value is -0.940. The lowest BCUT2D eigenvalue weighted by Crippen LogP contribution is -2.38. The summed E-state index contributed by atoms with van der Waals surface area (Å²) in [5.74, 6) is 0. The molecular weight excluding hydrogens is 168 g/mol. The number of rotatable bonds is 3. The van der Waals surface area contributed by atoms with E-state index in [-0.39, 0.29) is 0 Å². The number of aromatic nitrogens is 3. The van der Waals surface area contributed by atoms with Crippen LogP contribution < -0.4 is 0 Å². The highest BCUT2D eigenvalue weighted by molar-refractivity contribution is 4.65. The Morgan fingerprint density at radius 2 is 1.77 bits per heavy atom. The maximum atomic E-state index is 5.26. The van der Waals surface area contributed by atoms with Crippen LogP contribution in [0.2, 0.25) is 0 Å². The first-order chi connectivity index (χ1) is 6.45. The van der Waals surface area contributed by atoms with Gasteiger partial charge in [-0.3, -0.25) is 4.90 Å². The van der Waals surface area contributed by atoms with Crippen LogP contribution in [0.25, 0.3) is 0 Å². The molecule has 5 nitrogen and oxygen atoms in total. The minimum Gasteiger partial charge on any atom is -0.379 e. The molecule has 0 unspecified atom stereocenters. The summed E-state index contributed by atoms with van der Waals surface area (Å²) in [5, 5.41) is 7.51. The van der Waals surface area contributed by atoms with Gasteiger partial charge in [-0.2, -0.15) is 0 Å². The number of ether oxygens (including phenoxy) is 1. The molecule has 0 aromatic carbocycles. The van der Waals surface area contributed by atoms with Crippen molar-refractivity contribution in [1.82, 2.24) is 19.7 Å². The quantitative estimate of drug-likeness (QED) is 0.638. The van der Waals surface area contributed by atoms with Crippen molar-refractivity contribution in [3.8, 4) is 0 Å². The molecule has 2 rings (SSSR count). The second-order valence-corrected chi connectivity index (χ2v) is 3.15. The van der Waals surface area contributed by atoms with Gasteiger partial charge in [-0.1, -0.05) is 0 Å². The van der Waals surface area contributed by atoms with Crippen LogP contribution >= 0.6 is 0 Å². The molecule has 0 radical (unpaired) electrons. The molecule has 72 valence electrons. The van der Waals surface area contributed by atoms with Crippen molar-refractivity contribution in [1.29, 1.82) is 0 Å². The highest BCUT2D eigenvalue weighted by atomic mass is 16.5. The van der Waals surface area contributed by atoms with Crippen molar-refractivity contribution in [3.05, 3.63) is 12.7 Å². The van der Waals surface area contributed by atoms with Crippen molar-refractivity contribution in [2.45, 2.75) is 6.54 Å². The fourth-order valence-corrected chi connectivity index (χ4v) is 1.42. The predicted molar refractivity (Wildman–Crippen MR) is 47.3 cm³/mol. The topological polar surface area (TPSA) is 43.2 Å².